The molecule has 0 aliphatic heterocycles. The summed E-state index contributed by atoms with van der Waals surface area (Å²) in [6.07, 6.45) is -0.716. The van der Waals surface area contributed by atoms with Crippen LogP contribution in [-0.4, -0.2) is 37.9 Å². The van der Waals surface area contributed by atoms with Gasteiger partial charge in [-0.25, -0.2) is 13.2 Å². The van der Waals surface area contributed by atoms with Gasteiger partial charge in [-0.1, -0.05) is 48.5 Å². The summed E-state index contributed by atoms with van der Waals surface area (Å²) in [5.74, 6) is -0.0864. The van der Waals surface area contributed by atoms with E-state index in [2.05, 4.69) is 15.5 Å². The average Bonchev–Trinajstić information content (AvgIpc) is 3.32. The van der Waals surface area contributed by atoms with Crippen molar-refractivity contribution in [3.63, 3.8) is 0 Å². The molecule has 0 aromatic heterocycles. The smallest absolute Gasteiger partial charge is 0.744 e. The molecule has 0 heterocycles. The minimum absolute atomic E-state index is 0. The third-order valence-electron chi connectivity index (χ3n) is 7.25. The molecule has 10 nitrogen and oxygen atoms in total. The van der Waals surface area contributed by atoms with E-state index in [1.807, 2.05) is 48.5 Å². The number of amides is 1. The van der Waals surface area contributed by atoms with Crippen LogP contribution in [0.5, 0.6) is 11.5 Å². The predicted molar refractivity (Wildman–Crippen MR) is 159 cm³/mol. The van der Waals surface area contributed by atoms with Gasteiger partial charge in [-0.15, -0.1) is 5.11 Å². The van der Waals surface area contributed by atoms with E-state index in [1.54, 1.807) is 24.3 Å². The van der Waals surface area contributed by atoms with E-state index in [-0.39, 0.29) is 58.5 Å². The van der Waals surface area contributed by atoms with Crippen molar-refractivity contribution in [1.29, 1.82) is 0 Å². The number of phenols is 1. The van der Waals surface area contributed by atoms with Crippen molar-refractivity contribution in [2.24, 2.45) is 10.2 Å². The summed E-state index contributed by atoms with van der Waals surface area (Å²) in [6, 6.07) is 27.9. The number of benzene rings is 5. The monoisotopic (exact) mass is 617 g/mol. The number of phenolic OH excluding ortho intramolecular Hbond substituents is 1. The van der Waals surface area contributed by atoms with Crippen LogP contribution in [0.2, 0.25) is 0 Å². The fraction of sp³-hybridized carbons (Fsp3) is 0.0938. The van der Waals surface area contributed by atoms with Gasteiger partial charge in [0.25, 0.3) is 0 Å². The van der Waals surface area contributed by atoms with Gasteiger partial charge in [0.1, 0.15) is 28.2 Å². The number of aromatic hydroxyl groups is 1. The zero-order valence-corrected chi connectivity index (χ0v) is 26.5. The largest absolute Gasteiger partial charge is 1.00 e. The third-order valence-corrected chi connectivity index (χ3v) is 8.10. The Kier molecular flexibility index (Phi) is 9.05. The molecule has 1 amide bonds. The minimum Gasteiger partial charge on any atom is -0.744 e. The Balaban J connectivity index is 0.00000384. The molecule has 0 spiro atoms. The van der Waals surface area contributed by atoms with Gasteiger partial charge in [-0.2, -0.15) is 5.11 Å². The van der Waals surface area contributed by atoms with Gasteiger partial charge in [0.05, 0.1) is 17.7 Å². The maximum atomic E-state index is 12.8. The second-order valence-electron chi connectivity index (χ2n) is 9.81. The molecule has 44 heavy (non-hydrogen) atoms. The standard InChI is InChI=1S/C32H25N3O7S.Na/c1-41-22-13-10-20(11-14-22)34-35-30-29(43(38,39)40)17-19-16-21(12-15-23(19)31(30)36)33-32(37)42-18-28-26-8-4-2-6-24(26)25-7-3-5-9-27(25)28;/h2-17,28,36H,18H2,1H3,(H,33,37)(H,38,39,40);/q;+1/p-1. The van der Waals surface area contributed by atoms with Gasteiger partial charge >= 0.3 is 35.7 Å². The molecule has 0 bridgehead atoms. The second kappa shape index (κ2) is 12.8. The molecule has 0 unspecified atom stereocenters. The molecule has 6 rings (SSSR count). The SMILES string of the molecule is COc1ccc(N=Nc2c(S(=O)(=O)[O-])cc3cc(NC(=O)OCC4c5ccccc5-c5ccccc54)ccc3c2O)cc1.[Na+]. The number of ether oxygens (including phenoxy) is 2. The molecule has 0 fully saturated rings. The van der Waals surface area contributed by atoms with E-state index in [4.69, 9.17) is 9.47 Å². The van der Waals surface area contributed by atoms with Crippen LogP contribution in [0.25, 0.3) is 21.9 Å². The van der Waals surface area contributed by atoms with E-state index in [0.717, 1.165) is 28.3 Å². The number of hydrogen-bond donors (Lipinski definition) is 2. The number of anilines is 1. The number of azo groups is 1. The third kappa shape index (κ3) is 6.19. The van der Waals surface area contributed by atoms with E-state index < -0.39 is 32.5 Å². The zero-order valence-electron chi connectivity index (χ0n) is 23.7. The van der Waals surface area contributed by atoms with Crippen molar-refractivity contribution in [2.75, 3.05) is 19.0 Å². The van der Waals surface area contributed by atoms with Crippen LogP contribution in [0.3, 0.4) is 0 Å². The average molecular weight is 618 g/mol. The zero-order chi connectivity index (χ0) is 30.1. The Hall–Kier alpha value is -4.26. The second-order valence-corrected chi connectivity index (χ2v) is 11.2. The molecule has 1 aliphatic carbocycles. The van der Waals surface area contributed by atoms with E-state index in [0.29, 0.717) is 11.4 Å². The maximum Gasteiger partial charge on any atom is 1.00 e. The number of carbonyl (C=O) groups is 1. The number of fused-ring (bicyclic) bond motifs is 4. The molecule has 12 heteroatoms. The molecule has 2 N–H and O–H groups in total. The van der Waals surface area contributed by atoms with Gasteiger partial charge in [0, 0.05) is 17.0 Å². The van der Waals surface area contributed by atoms with Crippen LogP contribution >= 0.6 is 0 Å². The number of hydrogen-bond acceptors (Lipinski definition) is 9. The van der Waals surface area contributed by atoms with Crippen molar-refractivity contribution in [3.8, 4) is 22.6 Å². The van der Waals surface area contributed by atoms with Crippen molar-refractivity contribution >= 4 is 44.0 Å². The first-order valence-corrected chi connectivity index (χ1v) is 14.6. The fourth-order valence-electron chi connectivity index (χ4n) is 5.23. The summed E-state index contributed by atoms with van der Waals surface area (Å²) in [7, 11) is -3.55. The molecule has 216 valence electrons. The van der Waals surface area contributed by atoms with Crippen LogP contribution in [0.15, 0.2) is 112 Å². The Bertz CT molecular complexity index is 1970. The molecular formula is C32H24N3NaO7S. The van der Waals surface area contributed by atoms with Gasteiger partial charge in [-0.3, -0.25) is 5.32 Å². The van der Waals surface area contributed by atoms with Crippen LogP contribution in [0.4, 0.5) is 21.9 Å². The van der Waals surface area contributed by atoms with Crippen molar-refractivity contribution < 1.29 is 61.9 Å². The van der Waals surface area contributed by atoms with Crippen LogP contribution in [0.1, 0.15) is 17.0 Å². The summed E-state index contributed by atoms with van der Waals surface area (Å²) in [5.41, 5.74) is 4.48. The first-order valence-electron chi connectivity index (χ1n) is 13.2. The summed E-state index contributed by atoms with van der Waals surface area (Å²) in [4.78, 5) is 12.0. The van der Waals surface area contributed by atoms with Crippen molar-refractivity contribution in [1.82, 2.24) is 0 Å². The first kappa shape index (κ1) is 31.2. The number of methoxy groups -OCH3 is 1. The van der Waals surface area contributed by atoms with Gasteiger partial charge in [-0.05, 0) is 76.2 Å². The van der Waals surface area contributed by atoms with Crippen LogP contribution < -0.4 is 39.6 Å². The van der Waals surface area contributed by atoms with E-state index in [9.17, 15) is 22.9 Å². The first-order chi connectivity index (χ1) is 20.7. The molecule has 5 aromatic carbocycles. The van der Waals surface area contributed by atoms with E-state index >= 15 is 0 Å². The molecule has 0 saturated carbocycles. The van der Waals surface area contributed by atoms with Gasteiger partial charge < -0.3 is 19.1 Å². The van der Waals surface area contributed by atoms with Crippen molar-refractivity contribution in [2.45, 2.75) is 10.8 Å². The summed E-state index contributed by atoms with van der Waals surface area (Å²) < 4.78 is 47.0. The topological polar surface area (TPSA) is 150 Å². The molecular weight excluding hydrogens is 593 g/mol. The molecule has 1 aliphatic rings. The fourth-order valence-corrected chi connectivity index (χ4v) is 5.87. The van der Waals surface area contributed by atoms with Gasteiger partial charge in [0.15, 0.2) is 5.75 Å². The Morgan fingerprint density at radius 3 is 2.16 bits per heavy atom. The summed E-state index contributed by atoms with van der Waals surface area (Å²) in [6.45, 7) is 0.107. The molecule has 5 aromatic rings. The van der Waals surface area contributed by atoms with E-state index in [1.165, 1.54) is 25.3 Å². The summed E-state index contributed by atoms with van der Waals surface area (Å²) in [5, 5.41) is 21.8. The Labute approximate surface area is 275 Å². The quantitative estimate of drug-likeness (QED) is 0.158. The Morgan fingerprint density at radius 2 is 1.55 bits per heavy atom. The minimum atomic E-state index is -5.06. The molecule has 0 atom stereocenters. The predicted octanol–water partition coefficient (Wildman–Crippen LogP) is 4.24. The van der Waals surface area contributed by atoms with Crippen molar-refractivity contribution in [3.05, 3.63) is 108 Å². The number of rotatable bonds is 7. The normalized spacial score (nSPS) is 12.4. The maximum absolute atomic E-state index is 12.8. The Morgan fingerprint density at radius 1 is 0.909 bits per heavy atom. The molecule has 0 saturated heterocycles. The summed E-state index contributed by atoms with van der Waals surface area (Å²) >= 11 is 0. The van der Waals surface area contributed by atoms with Gasteiger partial charge in [0.2, 0.25) is 0 Å². The molecule has 0 radical (unpaired) electrons. The van der Waals surface area contributed by atoms with Crippen LogP contribution in [-0.2, 0) is 14.9 Å². The number of nitrogens with zero attached hydrogens (tertiary/aromatic N) is 2. The number of nitrogens with one attached hydrogen (secondary N) is 1. The van der Waals surface area contributed by atoms with Crippen LogP contribution in [0, 0.1) is 0 Å². The number of carbonyl (C=O) groups excluding carboxylic acids is 1.